The molecule has 0 aliphatic carbocycles. The molecule has 0 unspecified atom stereocenters. The molecule has 2 aromatic rings. The van der Waals surface area contributed by atoms with Crippen molar-refractivity contribution >= 4 is 12.2 Å². The van der Waals surface area contributed by atoms with Crippen molar-refractivity contribution in [3.05, 3.63) is 65.5 Å². The van der Waals surface area contributed by atoms with E-state index in [4.69, 9.17) is 0 Å². The molecule has 0 amide bonds. The normalized spacial score (nSPS) is 10.9. The van der Waals surface area contributed by atoms with Gasteiger partial charge in [0.15, 0.2) is 6.20 Å². The first-order valence-corrected chi connectivity index (χ1v) is 6.01. The van der Waals surface area contributed by atoms with Crippen molar-refractivity contribution in [1.29, 1.82) is 0 Å². The van der Waals surface area contributed by atoms with Gasteiger partial charge in [-0.2, -0.15) is 0 Å². The van der Waals surface area contributed by atoms with Gasteiger partial charge in [0, 0.05) is 18.2 Å². The van der Waals surface area contributed by atoms with Crippen molar-refractivity contribution < 1.29 is 4.57 Å². The molecule has 1 aromatic carbocycles. The standard InChI is InChI=1S/C16H18N/c1-3-14-7-9-15(10-8-14)11-12-16-6-4-5-13-17(16)2/h4-13H,3H2,1-2H3/q+1. The molecule has 0 atom stereocenters. The summed E-state index contributed by atoms with van der Waals surface area (Å²) in [5.41, 5.74) is 3.82. The molecular formula is C16H18N+. The molecule has 0 N–H and O–H groups in total. The second kappa shape index (κ2) is 5.44. The van der Waals surface area contributed by atoms with Crippen molar-refractivity contribution in [1.82, 2.24) is 0 Å². The summed E-state index contributed by atoms with van der Waals surface area (Å²) < 4.78 is 2.11. The molecule has 0 saturated heterocycles. The lowest BCUT2D eigenvalue weighted by Crippen LogP contribution is -2.30. The molecule has 86 valence electrons. The third-order valence-corrected chi connectivity index (χ3v) is 2.93. The molecule has 0 spiro atoms. The van der Waals surface area contributed by atoms with Crippen LogP contribution in [0.2, 0.25) is 0 Å². The van der Waals surface area contributed by atoms with Crippen LogP contribution in [0.1, 0.15) is 23.7 Å². The molecule has 1 nitrogen and oxygen atoms in total. The molecule has 0 aliphatic rings. The molecule has 2 rings (SSSR count). The topological polar surface area (TPSA) is 3.88 Å². The maximum absolute atomic E-state index is 2.19. The fourth-order valence-corrected chi connectivity index (χ4v) is 1.76. The van der Waals surface area contributed by atoms with Crippen LogP contribution in [0.3, 0.4) is 0 Å². The van der Waals surface area contributed by atoms with Crippen LogP contribution in [0, 0.1) is 0 Å². The molecule has 0 fully saturated rings. The van der Waals surface area contributed by atoms with E-state index >= 15 is 0 Å². The number of nitrogens with zero attached hydrogens (tertiary/aromatic N) is 1. The highest BCUT2D eigenvalue weighted by atomic mass is 14.9. The van der Waals surface area contributed by atoms with Gasteiger partial charge < -0.3 is 0 Å². The zero-order valence-corrected chi connectivity index (χ0v) is 10.4. The second-order valence-electron chi connectivity index (χ2n) is 4.16. The Balaban J connectivity index is 2.17. The summed E-state index contributed by atoms with van der Waals surface area (Å²) in [6, 6.07) is 14.9. The Morgan fingerprint density at radius 1 is 1.00 bits per heavy atom. The number of hydrogen-bond acceptors (Lipinski definition) is 0. The summed E-state index contributed by atoms with van der Waals surface area (Å²) in [6.45, 7) is 2.18. The average Bonchev–Trinajstić information content (AvgIpc) is 2.38. The van der Waals surface area contributed by atoms with Gasteiger partial charge in [-0.3, -0.25) is 0 Å². The third kappa shape index (κ3) is 3.04. The van der Waals surface area contributed by atoms with Crippen LogP contribution in [-0.2, 0) is 13.5 Å². The number of rotatable bonds is 3. The van der Waals surface area contributed by atoms with E-state index in [-0.39, 0.29) is 0 Å². The Labute approximate surface area is 103 Å². The van der Waals surface area contributed by atoms with Crippen molar-refractivity contribution in [2.24, 2.45) is 7.05 Å². The van der Waals surface area contributed by atoms with Gasteiger partial charge in [0.1, 0.15) is 7.05 Å². The van der Waals surface area contributed by atoms with E-state index in [9.17, 15) is 0 Å². The highest BCUT2D eigenvalue weighted by Gasteiger charge is 1.98. The first-order valence-electron chi connectivity index (χ1n) is 6.01. The summed E-state index contributed by atoms with van der Waals surface area (Å²) in [5.74, 6) is 0. The SMILES string of the molecule is CCc1ccc(C=Cc2cccc[n+]2C)cc1. The summed E-state index contributed by atoms with van der Waals surface area (Å²) in [6.07, 6.45) is 7.44. The van der Waals surface area contributed by atoms with E-state index in [1.54, 1.807) is 0 Å². The molecular weight excluding hydrogens is 206 g/mol. The predicted octanol–water partition coefficient (Wildman–Crippen LogP) is 3.24. The Morgan fingerprint density at radius 2 is 1.76 bits per heavy atom. The van der Waals surface area contributed by atoms with E-state index in [1.165, 1.54) is 16.8 Å². The fourth-order valence-electron chi connectivity index (χ4n) is 1.76. The number of aromatic nitrogens is 1. The molecule has 0 radical (unpaired) electrons. The van der Waals surface area contributed by atoms with Gasteiger partial charge in [-0.05, 0) is 29.7 Å². The smallest absolute Gasteiger partial charge is 0.202 e. The van der Waals surface area contributed by atoms with Crippen LogP contribution in [0.15, 0.2) is 48.7 Å². The van der Waals surface area contributed by atoms with Crippen LogP contribution in [0.5, 0.6) is 0 Å². The molecule has 1 heteroatoms. The Hall–Kier alpha value is -1.89. The Bertz CT molecular complexity index is 509. The third-order valence-electron chi connectivity index (χ3n) is 2.93. The summed E-state index contributed by atoms with van der Waals surface area (Å²) in [5, 5.41) is 0. The van der Waals surface area contributed by atoms with Gasteiger partial charge in [0.2, 0.25) is 5.69 Å². The van der Waals surface area contributed by atoms with E-state index in [2.05, 4.69) is 73.3 Å². The largest absolute Gasteiger partial charge is 0.204 e. The number of aryl methyl sites for hydroxylation is 2. The second-order valence-corrected chi connectivity index (χ2v) is 4.16. The monoisotopic (exact) mass is 224 g/mol. The first kappa shape index (κ1) is 11.6. The molecule has 0 aliphatic heterocycles. The maximum atomic E-state index is 2.19. The van der Waals surface area contributed by atoms with Crippen LogP contribution >= 0.6 is 0 Å². The highest BCUT2D eigenvalue weighted by molar-refractivity contribution is 5.66. The summed E-state index contributed by atoms with van der Waals surface area (Å²) in [4.78, 5) is 0. The van der Waals surface area contributed by atoms with E-state index < -0.39 is 0 Å². The summed E-state index contributed by atoms with van der Waals surface area (Å²) in [7, 11) is 2.06. The first-order chi connectivity index (χ1) is 8.29. The molecule has 1 aromatic heterocycles. The van der Waals surface area contributed by atoms with E-state index in [1.807, 2.05) is 6.07 Å². The Morgan fingerprint density at radius 3 is 2.41 bits per heavy atom. The quantitative estimate of drug-likeness (QED) is 0.705. The lowest BCUT2D eigenvalue weighted by molar-refractivity contribution is -0.673. The minimum Gasteiger partial charge on any atom is -0.202 e. The molecule has 0 saturated carbocycles. The van der Waals surface area contributed by atoms with Gasteiger partial charge in [-0.1, -0.05) is 31.2 Å². The van der Waals surface area contributed by atoms with Crippen molar-refractivity contribution in [2.75, 3.05) is 0 Å². The lowest BCUT2D eigenvalue weighted by atomic mass is 10.1. The van der Waals surface area contributed by atoms with Gasteiger partial charge >= 0.3 is 0 Å². The lowest BCUT2D eigenvalue weighted by Gasteiger charge is -1.97. The number of hydrogen-bond donors (Lipinski definition) is 0. The molecule has 17 heavy (non-hydrogen) atoms. The minimum atomic E-state index is 1.09. The fraction of sp³-hybridized carbons (Fsp3) is 0.188. The molecule has 1 heterocycles. The maximum Gasteiger partial charge on any atom is 0.204 e. The summed E-state index contributed by atoms with van der Waals surface area (Å²) >= 11 is 0. The minimum absolute atomic E-state index is 1.09. The van der Waals surface area contributed by atoms with E-state index in [0.29, 0.717) is 0 Å². The zero-order valence-electron chi connectivity index (χ0n) is 10.4. The average molecular weight is 224 g/mol. The van der Waals surface area contributed by atoms with Gasteiger partial charge in [-0.25, -0.2) is 4.57 Å². The van der Waals surface area contributed by atoms with Crippen molar-refractivity contribution in [2.45, 2.75) is 13.3 Å². The highest BCUT2D eigenvalue weighted by Crippen LogP contribution is 2.08. The Kier molecular flexibility index (Phi) is 3.71. The van der Waals surface area contributed by atoms with Gasteiger partial charge in [0.25, 0.3) is 0 Å². The van der Waals surface area contributed by atoms with Gasteiger partial charge in [-0.15, -0.1) is 0 Å². The van der Waals surface area contributed by atoms with Gasteiger partial charge in [0.05, 0.1) is 0 Å². The van der Waals surface area contributed by atoms with Crippen LogP contribution in [-0.4, -0.2) is 0 Å². The number of pyridine rings is 1. The van der Waals surface area contributed by atoms with E-state index in [0.717, 1.165) is 6.42 Å². The molecule has 0 bridgehead atoms. The zero-order chi connectivity index (χ0) is 12.1. The van der Waals surface area contributed by atoms with Crippen LogP contribution < -0.4 is 4.57 Å². The van der Waals surface area contributed by atoms with Crippen molar-refractivity contribution in [3.8, 4) is 0 Å². The van der Waals surface area contributed by atoms with Crippen molar-refractivity contribution in [3.63, 3.8) is 0 Å². The number of benzene rings is 1. The van der Waals surface area contributed by atoms with Crippen LogP contribution in [0.4, 0.5) is 0 Å². The van der Waals surface area contributed by atoms with Crippen LogP contribution in [0.25, 0.3) is 12.2 Å². The predicted molar refractivity (Wildman–Crippen MR) is 72.4 cm³/mol.